The number of benzene rings is 1. The highest BCUT2D eigenvalue weighted by atomic mass is 16.5. The van der Waals surface area contributed by atoms with Crippen molar-refractivity contribution in [2.75, 3.05) is 12.3 Å². The number of ether oxygens (including phenoxy) is 1. The van der Waals surface area contributed by atoms with E-state index < -0.39 is 11.9 Å². The van der Waals surface area contributed by atoms with Crippen LogP contribution in [-0.4, -0.2) is 23.7 Å². The minimum absolute atomic E-state index is 0.0209. The molecule has 0 saturated carbocycles. The van der Waals surface area contributed by atoms with E-state index in [0.29, 0.717) is 6.61 Å². The van der Waals surface area contributed by atoms with E-state index in [1.54, 1.807) is 0 Å². The lowest BCUT2D eigenvalue weighted by atomic mass is 10.1. The molecule has 17 heavy (non-hydrogen) atoms. The van der Waals surface area contributed by atoms with Crippen molar-refractivity contribution in [1.82, 2.24) is 0 Å². The molecule has 0 aliphatic rings. The summed E-state index contributed by atoms with van der Waals surface area (Å²) in [7, 11) is 0. The lowest BCUT2D eigenvalue weighted by Crippen LogP contribution is -2.09. The number of hydrogen-bond acceptors (Lipinski definition) is 4. The number of carbonyl (C=O) groups is 2. The quantitative estimate of drug-likeness (QED) is 0.464. The minimum atomic E-state index is -1.13. The van der Waals surface area contributed by atoms with Gasteiger partial charge >= 0.3 is 11.9 Å². The Balaban J connectivity index is 2.82. The second-order valence-corrected chi connectivity index (χ2v) is 3.64. The molecule has 0 amide bonds. The Morgan fingerprint density at radius 1 is 1.29 bits per heavy atom. The number of unbranched alkanes of at least 4 members (excludes halogenated alkanes) is 1. The highest BCUT2D eigenvalue weighted by Gasteiger charge is 2.12. The van der Waals surface area contributed by atoms with E-state index >= 15 is 0 Å². The smallest absolute Gasteiger partial charge is 0.338 e. The molecule has 92 valence electrons. The average molecular weight is 237 g/mol. The third-order valence-electron chi connectivity index (χ3n) is 2.17. The van der Waals surface area contributed by atoms with Crippen LogP contribution in [0.2, 0.25) is 0 Å². The van der Waals surface area contributed by atoms with Gasteiger partial charge in [-0.05, 0) is 24.6 Å². The number of carboxylic acids is 1. The number of nitrogen functional groups attached to an aromatic ring is 1. The van der Waals surface area contributed by atoms with Crippen molar-refractivity contribution in [2.24, 2.45) is 0 Å². The van der Waals surface area contributed by atoms with Crippen LogP contribution in [0.25, 0.3) is 0 Å². The van der Waals surface area contributed by atoms with Crippen molar-refractivity contribution in [1.29, 1.82) is 0 Å². The molecule has 0 saturated heterocycles. The van der Waals surface area contributed by atoms with Gasteiger partial charge in [0, 0.05) is 5.69 Å². The van der Waals surface area contributed by atoms with E-state index in [9.17, 15) is 9.59 Å². The standard InChI is InChI=1S/C12H15NO4/c1-2-3-4-17-12(16)9-5-8(11(14)15)6-10(13)7-9/h5-7H,2-4,13H2,1H3,(H,14,15). The van der Waals surface area contributed by atoms with Gasteiger partial charge < -0.3 is 15.6 Å². The molecule has 5 heteroatoms. The number of hydrogen-bond donors (Lipinski definition) is 2. The fraction of sp³-hybridized carbons (Fsp3) is 0.333. The third kappa shape index (κ3) is 3.79. The Hall–Kier alpha value is -2.04. The number of esters is 1. The van der Waals surface area contributed by atoms with Gasteiger partial charge in [0.2, 0.25) is 0 Å². The first-order valence-corrected chi connectivity index (χ1v) is 5.35. The van der Waals surface area contributed by atoms with Crippen LogP contribution in [-0.2, 0) is 4.74 Å². The molecular weight excluding hydrogens is 222 g/mol. The summed E-state index contributed by atoms with van der Waals surface area (Å²) in [6.07, 6.45) is 1.70. The molecule has 0 aromatic heterocycles. The molecule has 0 aliphatic heterocycles. The SMILES string of the molecule is CCCCOC(=O)c1cc(N)cc(C(=O)O)c1. The summed E-state index contributed by atoms with van der Waals surface area (Å²) >= 11 is 0. The monoisotopic (exact) mass is 237 g/mol. The first-order valence-electron chi connectivity index (χ1n) is 5.35. The average Bonchev–Trinajstić information content (AvgIpc) is 2.28. The van der Waals surface area contributed by atoms with Crippen molar-refractivity contribution < 1.29 is 19.4 Å². The van der Waals surface area contributed by atoms with Gasteiger partial charge in [-0.3, -0.25) is 0 Å². The van der Waals surface area contributed by atoms with Gasteiger partial charge in [0.25, 0.3) is 0 Å². The van der Waals surface area contributed by atoms with Crippen LogP contribution in [0.3, 0.4) is 0 Å². The van der Waals surface area contributed by atoms with Crippen molar-refractivity contribution >= 4 is 17.6 Å². The highest BCUT2D eigenvalue weighted by Crippen LogP contribution is 2.13. The number of aromatic carboxylic acids is 1. The lowest BCUT2D eigenvalue weighted by molar-refractivity contribution is 0.0500. The van der Waals surface area contributed by atoms with E-state index in [1.807, 2.05) is 6.92 Å². The van der Waals surface area contributed by atoms with Crippen molar-refractivity contribution in [2.45, 2.75) is 19.8 Å². The van der Waals surface area contributed by atoms with Crippen molar-refractivity contribution in [3.8, 4) is 0 Å². The van der Waals surface area contributed by atoms with E-state index in [4.69, 9.17) is 15.6 Å². The molecule has 0 aliphatic carbocycles. The van der Waals surface area contributed by atoms with Gasteiger partial charge in [0.05, 0.1) is 17.7 Å². The molecular formula is C12H15NO4. The van der Waals surface area contributed by atoms with Gasteiger partial charge in [-0.25, -0.2) is 9.59 Å². The molecule has 5 nitrogen and oxygen atoms in total. The van der Waals surface area contributed by atoms with Crippen LogP contribution < -0.4 is 5.73 Å². The van der Waals surface area contributed by atoms with Gasteiger partial charge in [0.15, 0.2) is 0 Å². The number of carbonyl (C=O) groups excluding carboxylic acids is 1. The largest absolute Gasteiger partial charge is 0.478 e. The third-order valence-corrected chi connectivity index (χ3v) is 2.17. The molecule has 0 atom stereocenters. The first kappa shape index (κ1) is 13.0. The van der Waals surface area contributed by atoms with Gasteiger partial charge in [0.1, 0.15) is 0 Å². The maximum absolute atomic E-state index is 11.6. The Kier molecular flexibility index (Phi) is 4.51. The number of rotatable bonds is 5. The summed E-state index contributed by atoms with van der Waals surface area (Å²) in [5.74, 6) is -1.67. The molecule has 3 N–H and O–H groups in total. The normalized spacial score (nSPS) is 9.94. The molecule has 0 heterocycles. The van der Waals surface area contributed by atoms with E-state index in [-0.39, 0.29) is 16.8 Å². The maximum Gasteiger partial charge on any atom is 0.338 e. The molecule has 0 radical (unpaired) electrons. The van der Waals surface area contributed by atoms with E-state index in [1.165, 1.54) is 18.2 Å². The topological polar surface area (TPSA) is 89.6 Å². The fourth-order valence-electron chi connectivity index (χ4n) is 1.29. The van der Waals surface area contributed by atoms with Crippen LogP contribution >= 0.6 is 0 Å². The molecule has 1 aromatic rings. The lowest BCUT2D eigenvalue weighted by Gasteiger charge is -2.05. The molecule has 0 fully saturated rings. The predicted molar refractivity (Wildman–Crippen MR) is 63.0 cm³/mol. The predicted octanol–water partition coefficient (Wildman–Crippen LogP) is 1.92. The summed E-state index contributed by atoms with van der Waals surface area (Å²) in [6.45, 7) is 2.31. The summed E-state index contributed by atoms with van der Waals surface area (Å²) in [6, 6.07) is 3.96. The molecule has 0 spiro atoms. The second kappa shape index (κ2) is 5.89. The zero-order chi connectivity index (χ0) is 12.8. The summed E-state index contributed by atoms with van der Waals surface area (Å²) in [4.78, 5) is 22.4. The number of anilines is 1. The molecule has 0 bridgehead atoms. The van der Waals surface area contributed by atoms with Gasteiger partial charge in [-0.2, -0.15) is 0 Å². The van der Waals surface area contributed by atoms with Crippen LogP contribution in [0.15, 0.2) is 18.2 Å². The van der Waals surface area contributed by atoms with Crippen LogP contribution in [0.4, 0.5) is 5.69 Å². The second-order valence-electron chi connectivity index (χ2n) is 3.64. The minimum Gasteiger partial charge on any atom is -0.478 e. The zero-order valence-corrected chi connectivity index (χ0v) is 9.60. The zero-order valence-electron chi connectivity index (χ0n) is 9.60. The Bertz CT molecular complexity index is 429. The summed E-state index contributed by atoms with van der Waals surface area (Å²) in [5.41, 5.74) is 5.89. The fourth-order valence-corrected chi connectivity index (χ4v) is 1.29. The van der Waals surface area contributed by atoms with Gasteiger partial charge in [-0.1, -0.05) is 13.3 Å². The number of nitrogens with two attached hydrogens (primary N) is 1. The summed E-state index contributed by atoms with van der Waals surface area (Å²) < 4.78 is 4.97. The maximum atomic E-state index is 11.6. The van der Waals surface area contributed by atoms with E-state index in [0.717, 1.165) is 12.8 Å². The molecule has 1 aromatic carbocycles. The van der Waals surface area contributed by atoms with Crippen LogP contribution in [0.1, 0.15) is 40.5 Å². The molecule has 0 unspecified atom stereocenters. The molecule has 1 rings (SSSR count). The van der Waals surface area contributed by atoms with Gasteiger partial charge in [-0.15, -0.1) is 0 Å². The van der Waals surface area contributed by atoms with Crippen LogP contribution in [0, 0.1) is 0 Å². The Morgan fingerprint density at radius 2 is 1.94 bits per heavy atom. The summed E-state index contributed by atoms with van der Waals surface area (Å²) in [5, 5.41) is 8.82. The number of carboxylic acid groups (broad SMARTS) is 1. The Morgan fingerprint density at radius 3 is 2.53 bits per heavy atom. The highest BCUT2D eigenvalue weighted by molar-refractivity contribution is 5.96. The van der Waals surface area contributed by atoms with E-state index in [2.05, 4.69) is 0 Å². The first-order chi connectivity index (χ1) is 8.04. The van der Waals surface area contributed by atoms with Crippen molar-refractivity contribution in [3.05, 3.63) is 29.3 Å². The Labute approximate surface area is 99.2 Å². The van der Waals surface area contributed by atoms with Crippen molar-refractivity contribution in [3.63, 3.8) is 0 Å². The van der Waals surface area contributed by atoms with Crippen LogP contribution in [0.5, 0.6) is 0 Å².